The minimum absolute atomic E-state index is 0.101. The van der Waals surface area contributed by atoms with Crippen molar-refractivity contribution in [2.45, 2.75) is 5.54 Å². The lowest BCUT2D eigenvalue weighted by Gasteiger charge is -2.31. The van der Waals surface area contributed by atoms with Crippen molar-refractivity contribution in [1.82, 2.24) is 10.6 Å². The van der Waals surface area contributed by atoms with E-state index >= 15 is 0 Å². The van der Waals surface area contributed by atoms with Gasteiger partial charge in [0.25, 0.3) is 0 Å². The van der Waals surface area contributed by atoms with E-state index < -0.39 is 0 Å². The maximum atomic E-state index is 3.67. The molecule has 1 fully saturated rings. The normalized spacial score (nSPS) is 18.9. The number of fused-ring (bicyclic) bond motifs is 4. The summed E-state index contributed by atoms with van der Waals surface area (Å²) in [7, 11) is 0. The van der Waals surface area contributed by atoms with Crippen LogP contribution in [0.2, 0.25) is 0 Å². The first-order chi connectivity index (χ1) is 9.40. The molecule has 2 aromatic rings. The Hall–Kier alpha value is -1.90. The molecule has 1 saturated heterocycles. The van der Waals surface area contributed by atoms with Crippen LogP contribution < -0.4 is 10.6 Å². The molecule has 1 aliphatic heterocycles. The summed E-state index contributed by atoms with van der Waals surface area (Å²) in [4.78, 5) is 0. The number of rotatable bonds is 0. The third kappa shape index (κ3) is 1.51. The third-order valence-corrected chi connectivity index (χ3v) is 4.19. The molecule has 2 N–H and O–H groups in total. The molecule has 2 heteroatoms. The summed E-state index contributed by atoms with van der Waals surface area (Å²) in [6.45, 7) is 1.78. The first-order valence-electron chi connectivity index (χ1n) is 6.73. The van der Waals surface area contributed by atoms with Crippen LogP contribution in [0.15, 0.2) is 48.5 Å². The monoisotopic (exact) mass is 248 g/mol. The van der Waals surface area contributed by atoms with Crippen molar-refractivity contribution in [2.75, 3.05) is 13.2 Å². The lowest BCUT2D eigenvalue weighted by atomic mass is 9.81. The Bertz CT molecular complexity index is 600. The van der Waals surface area contributed by atoms with Crippen molar-refractivity contribution >= 4 is 12.2 Å². The number of benzene rings is 2. The van der Waals surface area contributed by atoms with Gasteiger partial charge in [0.05, 0.1) is 5.54 Å². The lowest BCUT2D eigenvalue weighted by molar-refractivity contribution is 0.502. The molecule has 0 atom stereocenters. The zero-order valence-electron chi connectivity index (χ0n) is 10.7. The lowest BCUT2D eigenvalue weighted by Crippen LogP contribution is -2.41. The standard InChI is InChI=1S/C17H16N2/c1-3-7-15-13(5-1)9-10-14-6-2-4-8-16(14)17(15)11-18-12-19-17/h1-10,18-19H,11-12H2. The summed E-state index contributed by atoms with van der Waals surface area (Å²) in [5.74, 6) is 0. The van der Waals surface area contributed by atoms with Gasteiger partial charge in [-0.05, 0) is 22.3 Å². The Labute approximate surface area is 113 Å². The molecular weight excluding hydrogens is 232 g/mol. The first kappa shape index (κ1) is 11.0. The maximum absolute atomic E-state index is 3.67. The van der Waals surface area contributed by atoms with Crippen molar-refractivity contribution in [2.24, 2.45) is 0 Å². The van der Waals surface area contributed by atoms with Gasteiger partial charge in [-0.3, -0.25) is 5.32 Å². The van der Waals surface area contributed by atoms with Crippen LogP contribution in [0, 0.1) is 0 Å². The quantitative estimate of drug-likeness (QED) is 0.748. The Morgan fingerprint density at radius 3 is 1.89 bits per heavy atom. The highest BCUT2D eigenvalue weighted by Crippen LogP contribution is 2.38. The molecule has 2 aromatic carbocycles. The van der Waals surface area contributed by atoms with Crippen LogP contribution in [0.3, 0.4) is 0 Å². The van der Waals surface area contributed by atoms with Gasteiger partial charge in [-0.25, -0.2) is 0 Å². The molecular formula is C17H16N2. The predicted molar refractivity (Wildman–Crippen MR) is 78.6 cm³/mol. The molecule has 0 amide bonds. The molecule has 19 heavy (non-hydrogen) atoms. The summed E-state index contributed by atoms with van der Waals surface area (Å²) in [5, 5.41) is 7.13. The minimum atomic E-state index is -0.101. The second-order valence-electron chi connectivity index (χ2n) is 5.19. The minimum Gasteiger partial charge on any atom is -0.302 e. The van der Waals surface area contributed by atoms with Crippen LogP contribution in [0.1, 0.15) is 22.3 Å². The Kier molecular flexibility index (Phi) is 2.34. The van der Waals surface area contributed by atoms with Gasteiger partial charge in [0.2, 0.25) is 0 Å². The van der Waals surface area contributed by atoms with E-state index in [4.69, 9.17) is 0 Å². The van der Waals surface area contributed by atoms with Crippen LogP contribution >= 0.6 is 0 Å². The third-order valence-electron chi connectivity index (χ3n) is 4.19. The number of hydrogen-bond acceptors (Lipinski definition) is 2. The fourth-order valence-electron chi connectivity index (χ4n) is 3.29. The Morgan fingerprint density at radius 1 is 0.789 bits per heavy atom. The molecule has 2 nitrogen and oxygen atoms in total. The van der Waals surface area contributed by atoms with Crippen LogP contribution in [0.4, 0.5) is 0 Å². The Balaban J connectivity index is 2.06. The number of hydrogen-bond donors (Lipinski definition) is 2. The average molecular weight is 248 g/mol. The van der Waals surface area contributed by atoms with E-state index in [1.807, 2.05) is 0 Å². The SMILES string of the molecule is C1=Cc2ccccc2C2(CNCN2)c2ccccc21. The van der Waals surface area contributed by atoms with Crippen molar-refractivity contribution < 1.29 is 0 Å². The van der Waals surface area contributed by atoms with Gasteiger partial charge >= 0.3 is 0 Å². The summed E-state index contributed by atoms with van der Waals surface area (Å²) >= 11 is 0. The molecule has 0 aromatic heterocycles. The maximum Gasteiger partial charge on any atom is 0.0838 e. The Morgan fingerprint density at radius 2 is 1.37 bits per heavy atom. The van der Waals surface area contributed by atoms with Crippen molar-refractivity contribution in [3.05, 3.63) is 70.8 Å². The fraction of sp³-hybridized carbons (Fsp3) is 0.176. The van der Waals surface area contributed by atoms with E-state index in [0.29, 0.717) is 0 Å². The summed E-state index contributed by atoms with van der Waals surface area (Å²) < 4.78 is 0. The molecule has 0 bridgehead atoms. The van der Waals surface area contributed by atoms with Crippen LogP contribution in [-0.4, -0.2) is 13.2 Å². The highest BCUT2D eigenvalue weighted by atomic mass is 15.2. The van der Waals surface area contributed by atoms with Gasteiger partial charge in [-0.2, -0.15) is 0 Å². The molecule has 0 radical (unpaired) electrons. The molecule has 0 saturated carbocycles. The molecule has 2 aliphatic rings. The van der Waals surface area contributed by atoms with Gasteiger partial charge in [0.15, 0.2) is 0 Å². The second kappa shape index (κ2) is 4.05. The van der Waals surface area contributed by atoms with E-state index in [2.05, 4.69) is 71.3 Å². The zero-order valence-corrected chi connectivity index (χ0v) is 10.7. The van der Waals surface area contributed by atoms with Gasteiger partial charge in [-0.1, -0.05) is 60.7 Å². The fourth-order valence-corrected chi connectivity index (χ4v) is 3.29. The molecule has 1 spiro atoms. The molecule has 1 heterocycles. The van der Waals surface area contributed by atoms with Crippen molar-refractivity contribution in [1.29, 1.82) is 0 Å². The smallest absolute Gasteiger partial charge is 0.0838 e. The molecule has 4 rings (SSSR count). The topological polar surface area (TPSA) is 24.1 Å². The van der Waals surface area contributed by atoms with Gasteiger partial charge in [0.1, 0.15) is 0 Å². The summed E-state index contributed by atoms with van der Waals surface area (Å²) in [6.07, 6.45) is 4.45. The van der Waals surface area contributed by atoms with Crippen molar-refractivity contribution in [3.63, 3.8) is 0 Å². The van der Waals surface area contributed by atoms with Gasteiger partial charge < -0.3 is 5.32 Å². The molecule has 1 aliphatic carbocycles. The van der Waals surface area contributed by atoms with E-state index in [0.717, 1.165) is 13.2 Å². The average Bonchev–Trinajstić information content (AvgIpc) is 2.91. The highest BCUT2D eigenvalue weighted by molar-refractivity contribution is 5.77. The van der Waals surface area contributed by atoms with Crippen LogP contribution in [-0.2, 0) is 5.54 Å². The first-order valence-corrected chi connectivity index (χ1v) is 6.73. The van der Waals surface area contributed by atoms with E-state index in [1.165, 1.54) is 22.3 Å². The number of nitrogens with one attached hydrogen (secondary N) is 2. The van der Waals surface area contributed by atoms with Gasteiger partial charge in [0, 0.05) is 13.2 Å². The largest absolute Gasteiger partial charge is 0.302 e. The molecule has 94 valence electrons. The summed E-state index contributed by atoms with van der Waals surface area (Å²) in [5.41, 5.74) is 5.23. The second-order valence-corrected chi connectivity index (χ2v) is 5.19. The predicted octanol–water partition coefficient (Wildman–Crippen LogP) is 2.56. The van der Waals surface area contributed by atoms with Crippen molar-refractivity contribution in [3.8, 4) is 0 Å². The molecule has 0 unspecified atom stereocenters. The van der Waals surface area contributed by atoms with E-state index in [-0.39, 0.29) is 5.54 Å². The van der Waals surface area contributed by atoms with Gasteiger partial charge in [-0.15, -0.1) is 0 Å². The van der Waals surface area contributed by atoms with E-state index in [1.54, 1.807) is 0 Å². The highest BCUT2D eigenvalue weighted by Gasteiger charge is 2.40. The van der Waals surface area contributed by atoms with Crippen LogP contribution in [0.25, 0.3) is 12.2 Å². The zero-order chi connectivity index (χ0) is 12.7. The van der Waals surface area contributed by atoms with Crippen LogP contribution in [0.5, 0.6) is 0 Å². The van der Waals surface area contributed by atoms with E-state index in [9.17, 15) is 0 Å². The summed E-state index contributed by atoms with van der Waals surface area (Å²) in [6, 6.07) is 17.3.